The molecule has 2 fully saturated rings. The van der Waals surface area contributed by atoms with Crippen LogP contribution < -0.4 is 5.32 Å². The molecule has 0 aromatic carbocycles. The Balaban J connectivity index is 1.88. The molecule has 2 aliphatic rings. The van der Waals surface area contributed by atoms with E-state index in [1.807, 2.05) is 4.90 Å². The lowest BCUT2D eigenvalue weighted by Gasteiger charge is -2.39. The van der Waals surface area contributed by atoms with Crippen molar-refractivity contribution in [2.24, 2.45) is 11.8 Å². The van der Waals surface area contributed by atoms with Crippen LogP contribution in [0.4, 0.5) is 4.79 Å². The summed E-state index contributed by atoms with van der Waals surface area (Å²) in [6.45, 7) is 8.05. The highest BCUT2D eigenvalue weighted by atomic mass is 16.5. The first kappa shape index (κ1) is 16.6. The van der Waals surface area contributed by atoms with Crippen LogP contribution in [0.5, 0.6) is 0 Å². The largest absolute Gasteiger partial charge is 0.393 e. The second kappa shape index (κ2) is 7.45. The number of rotatable bonds is 3. The van der Waals surface area contributed by atoms with E-state index in [0.717, 1.165) is 18.8 Å². The van der Waals surface area contributed by atoms with Crippen LogP contribution in [0, 0.1) is 11.8 Å². The lowest BCUT2D eigenvalue weighted by Crippen LogP contribution is -2.55. The molecule has 2 N–H and O–H groups in total. The number of hydrogen-bond acceptors (Lipinski definition) is 3. The molecular formula is C16H30N2O3. The highest BCUT2D eigenvalue weighted by Crippen LogP contribution is 2.29. The summed E-state index contributed by atoms with van der Waals surface area (Å²) in [4.78, 5) is 14.4. The van der Waals surface area contributed by atoms with Gasteiger partial charge in [0.05, 0.1) is 25.4 Å². The Morgan fingerprint density at radius 1 is 1.38 bits per heavy atom. The Morgan fingerprint density at radius 2 is 2.14 bits per heavy atom. The van der Waals surface area contributed by atoms with Crippen molar-refractivity contribution in [3.63, 3.8) is 0 Å². The summed E-state index contributed by atoms with van der Waals surface area (Å²) in [5.74, 6) is 1.42. The zero-order valence-electron chi connectivity index (χ0n) is 13.5. The third-order valence-electron chi connectivity index (χ3n) is 5.03. The maximum Gasteiger partial charge on any atom is 0.318 e. The molecule has 2 rings (SSSR count). The lowest BCUT2D eigenvalue weighted by atomic mass is 9.79. The van der Waals surface area contributed by atoms with Gasteiger partial charge < -0.3 is 20.1 Å². The van der Waals surface area contributed by atoms with Crippen LogP contribution in [-0.2, 0) is 4.74 Å². The van der Waals surface area contributed by atoms with Gasteiger partial charge in [0.2, 0.25) is 0 Å². The molecule has 122 valence electrons. The van der Waals surface area contributed by atoms with Crippen LogP contribution >= 0.6 is 0 Å². The Hall–Kier alpha value is -0.810. The maximum atomic E-state index is 12.5. The fourth-order valence-corrected chi connectivity index (χ4v) is 3.45. The van der Waals surface area contributed by atoms with E-state index in [-0.39, 0.29) is 12.1 Å². The summed E-state index contributed by atoms with van der Waals surface area (Å²) in [6, 6.07) is 0.285. The first-order valence-corrected chi connectivity index (χ1v) is 8.30. The molecule has 21 heavy (non-hydrogen) atoms. The molecule has 5 nitrogen and oxygen atoms in total. The van der Waals surface area contributed by atoms with E-state index in [2.05, 4.69) is 19.2 Å². The van der Waals surface area contributed by atoms with E-state index in [9.17, 15) is 9.90 Å². The van der Waals surface area contributed by atoms with E-state index in [4.69, 9.17) is 4.74 Å². The average Bonchev–Trinajstić information content (AvgIpc) is 2.43. The molecule has 1 aliphatic heterocycles. The Morgan fingerprint density at radius 3 is 2.81 bits per heavy atom. The number of urea groups is 1. The molecule has 1 aliphatic carbocycles. The standard InChI is InChI=1S/C16H30N2O3/c1-11-4-5-14(8-12(11)2)17-16(20)18-6-7-21-10-15(18)9-13(3)19/h11-15,19H,4-10H2,1-3H3,(H,17,20)/t11-,12-,13+,14-,15-/m1/s1. The predicted octanol–water partition coefficient (Wildman–Crippen LogP) is 1.99. The number of amides is 2. The number of hydrogen-bond donors (Lipinski definition) is 2. The molecule has 0 aromatic rings. The molecule has 0 unspecified atom stereocenters. The van der Waals surface area contributed by atoms with Gasteiger partial charge in [0.1, 0.15) is 0 Å². The van der Waals surface area contributed by atoms with Crippen molar-refractivity contribution in [3.8, 4) is 0 Å². The molecule has 0 radical (unpaired) electrons. The smallest absolute Gasteiger partial charge is 0.318 e. The number of carbonyl (C=O) groups excluding carboxylic acids is 1. The number of morpholine rings is 1. The van der Waals surface area contributed by atoms with Crippen molar-refractivity contribution in [2.45, 2.75) is 64.6 Å². The average molecular weight is 298 g/mol. The highest BCUT2D eigenvalue weighted by molar-refractivity contribution is 5.75. The van der Waals surface area contributed by atoms with Crippen molar-refractivity contribution in [1.82, 2.24) is 10.2 Å². The Kier molecular flexibility index (Phi) is 5.88. The van der Waals surface area contributed by atoms with Crippen LogP contribution in [0.2, 0.25) is 0 Å². The summed E-state index contributed by atoms with van der Waals surface area (Å²) in [7, 11) is 0. The fourth-order valence-electron chi connectivity index (χ4n) is 3.45. The molecule has 0 spiro atoms. The van der Waals surface area contributed by atoms with E-state index < -0.39 is 6.10 Å². The summed E-state index contributed by atoms with van der Waals surface area (Å²) in [5, 5.41) is 12.8. The van der Waals surface area contributed by atoms with Crippen LogP contribution in [0.1, 0.15) is 46.5 Å². The number of aliphatic hydroxyl groups is 1. The number of carbonyl (C=O) groups is 1. The summed E-state index contributed by atoms with van der Waals surface area (Å²) in [6.07, 6.45) is 3.49. The van der Waals surface area contributed by atoms with E-state index in [1.165, 1.54) is 6.42 Å². The highest BCUT2D eigenvalue weighted by Gasteiger charge is 2.31. The minimum Gasteiger partial charge on any atom is -0.393 e. The zero-order chi connectivity index (χ0) is 15.4. The van der Waals surface area contributed by atoms with E-state index in [0.29, 0.717) is 38.1 Å². The normalized spacial score (nSPS) is 35.3. The SMILES string of the molecule is C[C@H](O)C[C@@H]1COCCN1C(=O)N[C@@H]1CC[C@@H](C)[C@H](C)C1. The maximum absolute atomic E-state index is 12.5. The van der Waals surface area contributed by atoms with Crippen molar-refractivity contribution < 1.29 is 14.6 Å². The van der Waals surface area contributed by atoms with Gasteiger partial charge in [-0.25, -0.2) is 4.79 Å². The number of ether oxygens (including phenoxy) is 1. The van der Waals surface area contributed by atoms with Gasteiger partial charge in [0.15, 0.2) is 0 Å². The summed E-state index contributed by atoms with van der Waals surface area (Å²) in [5.41, 5.74) is 0. The van der Waals surface area contributed by atoms with E-state index in [1.54, 1.807) is 6.92 Å². The Labute approximate surface area is 128 Å². The van der Waals surface area contributed by atoms with Gasteiger partial charge in [-0.2, -0.15) is 0 Å². The van der Waals surface area contributed by atoms with Crippen molar-refractivity contribution in [3.05, 3.63) is 0 Å². The van der Waals surface area contributed by atoms with Crippen molar-refractivity contribution in [2.75, 3.05) is 19.8 Å². The fraction of sp³-hybridized carbons (Fsp3) is 0.938. The molecule has 5 atom stereocenters. The Bertz CT molecular complexity index is 348. The molecular weight excluding hydrogens is 268 g/mol. The van der Waals surface area contributed by atoms with Crippen LogP contribution in [0.25, 0.3) is 0 Å². The number of aliphatic hydroxyl groups excluding tert-OH is 1. The minimum absolute atomic E-state index is 0.00991. The number of nitrogens with zero attached hydrogens (tertiary/aromatic N) is 1. The number of nitrogens with one attached hydrogen (secondary N) is 1. The second-order valence-electron chi connectivity index (χ2n) is 6.92. The molecule has 0 aromatic heterocycles. The molecule has 1 saturated carbocycles. The quantitative estimate of drug-likeness (QED) is 0.837. The zero-order valence-corrected chi connectivity index (χ0v) is 13.5. The molecule has 1 heterocycles. The van der Waals surface area contributed by atoms with Gasteiger partial charge in [-0.05, 0) is 44.4 Å². The predicted molar refractivity (Wildman–Crippen MR) is 82.1 cm³/mol. The molecule has 1 saturated heterocycles. The van der Waals surface area contributed by atoms with Crippen LogP contribution in [-0.4, -0.2) is 54.0 Å². The monoisotopic (exact) mass is 298 g/mol. The summed E-state index contributed by atoms with van der Waals surface area (Å²) < 4.78 is 5.45. The van der Waals surface area contributed by atoms with Crippen molar-refractivity contribution in [1.29, 1.82) is 0 Å². The lowest BCUT2D eigenvalue weighted by molar-refractivity contribution is -0.00529. The van der Waals surface area contributed by atoms with E-state index >= 15 is 0 Å². The summed E-state index contributed by atoms with van der Waals surface area (Å²) >= 11 is 0. The minimum atomic E-state index is -0.414. The van der Waals surface area contributed by atoms with Gasteiger partial charge in [-0.1, -0.05) is 13.8 Å². The molecule has 2 amide bonds. The topological polar surface area (TPSA) is 61.8 Å². The molecule has 5 heteroatoms. The third-order valence-corrected chi connectivity index (χ3v) is 5.03. The first-order valence-electron chi connectivity index (χ1n) is 8.30. The molecule has 0 bridgehead atoms. The van der Waals surface area contributed by atoms with Crippen LogP contribution in [0.15, 0.2) is 0 Å². The van der Waals surface area contributed by atoms with Gasteiger partial charge in [-0.15, -0.1) is 0 Å². The second-order valence-corrected chi connectivity index (χ2v) is 6.92. The van der Waals surface area contributed by atoms with Gasteiger partial charge in [0, 0.05) is 12.6 Å². The first-order chi connectivity index (χ1) is 9.97. The van der Waals surface area contributed by atoms with Gasteiger partial charge in [0.25, 0.3) is 0 Å². The van der Waals surface area contributed by atoms with Gasteiger partial charge >= 0.3 is 6.03 Å². The third kappa shape index (κ3) is 4.58. The van der Waals surface area contributed by atoms with Crippen molar-refractivity contribution >= 4 is 6.03 Å². The van der Waals surface area contributed by atoms with Gasteiger partial charge in [-0.3, -0.25) is 0 Å². The van der Waals surface area contributed by atoms with Crippen LogP contribution in [0.3, 0.4) is 0 Å².